The van der Waals surface area contributed by atoms with Crippen LogP contribution in [0.5, 0.6) is 0 Å². The lowest BCUT2D eigenvalue weighted by atomic mass is 10.0. The minimum Gasteiger partial charge on any atom is -0.477 e. The maximum absolute atomic E-state index is 12.7. The standard InChI is InChI=1S/C21H29N7O4S2/c1-26-4-3-11-6-28(2,8-15(11)26)7-12-9-33-19-13(5-27(19)17(12)20(30)31)23-18(29)16(25-32)14-10-34-21(22)24-14/h10-11,13,15,19H,3-9H2,1-2H3,(H4-,22,23,24,29,30,31,32)/p+1/t11?,13-,15?,19-,28?/m1/s1. The molecule has 5 atom stereocenters. The number of nitrogens with one attached hydrogen (secondary N) is 1. The number of likely N-dealkylation sites (tertiary alicyclic amines) is 2. The number of likely N-dealkylation sites (N-methyl/N-ethyl adjacent to an activating group) is 2. The summed E-state index contributed by atoms with van der Waals surface area (Å²) in [7, 11) is 4.43. The largest absolute Gasteiger partial charge is 0.477 e. The van der Waals surface area contributed by atoms with E-state index in [2.05, 4.69) is 34.5 Å². The number of hydrogen-bond acceptors (Lipinski definition) is 10. The number of fused-ring (bicyclic) bond motifs is 2. The maximum Gasteiger partial charge on any atom is 0.352 e. The van der Waals surface area contributed by atoms with Crippen LogP contribution in [0.4, 0.5) is 5.13 Å². The normalized spacial score (nSPS) is 33.5. The molecular weight excluding hydrogens is 478 g/mol. The quantitative estimate of drug-likeness (QED) is 0.179. The lowest BCUT2D eigenvalue weighted by Gasteiger charge is -2.52. The lowest BCUT2D eigenvalue weighted by Crippen LogP contribution is -2.67. The summed E-state index contributed by atoms with van der Waals surface area (Å²) >= 11 is 2.80. The second-order valence-corrected chi connectivity index (χ2v) is 11.9. The van der Waals surface area contributed by atoms with Gasteiger partial charge in [-0.25, -0.2) is 9.78 Å². The molecule has 5 heterocycles. The van der Waals surface area contributed by atoms with Crippen molar-refractivity contribution in [2.75, 3.05) is 58.3 Å². The van der Waals surface area contributed by atoms with Crippen LogP contribution in [0.3, 0.4) is 0 Å². The molecule has 0 saturated carbocycles. The van der Waals surface area contributed by atoms with E-state index in [9.17, 15) is 19.9 Å². The monoisotopic (exact) mass is 508 g/mol. The van der Waals surface area contributed by atoms with Crippen LogP contribution < -0.4 is 11.1 Å². The predicted molar refractivity (Wildman–Crippen MR) is 130 cm³/mol. The van der Waals surface area contributed by atoms with E-state index in [0.29, 0.717) is 30.0 Å². The van der Waals surface area contributed by atoms with Gasteiger partial charge in [-0.3, -0.25) is 9.69 Å². The number of carbonyl (C=O) groups excluding carboxylic acids is 1. The number of anilines is 1. The summed E-state index contributed by atoms with van der Waals surface area (Å²) in [4.78, 5) is 33.3. The van der Waals surface area contributed by atoms with Gasteiger partial charge in [0.25, 0.3) is 5.91 Å². The van der Waals surface area contributed by atoms with Gasteiger partial charge in [0.05, 0.1) is 37.6 Å². The van der Waals surface area contributed by atoms with Crippen molar-refractivity contribution in [2.24, 2.45) is 11.1 Å². The molecule has 4 aliphatic heterocycles. The third-order valence-corrected chi connectivity index (χ3v) is 9.65. The van der Waals surface area contributed by atoms with E-state index in [0.717, 1.165) is 47.6 Å². The van der Waals surface area contributed by atoms with E-state index in [4.69, 9.17) is 5.73 Å². The minimum atomic E-state index is -0.913. The highest BCUT2D eigenvalue weighted by Gasteiger charge is 2.51. The molecule has 0 radical (unpaired) electrons. The van der Waals surface area contributed by atoms with Gasteiger partial charge in [-0.2, -0.15) is 0 Å². The van der Waals surface area contributed by atoms with Gasteiger partial charge >= 0.3 is 5.97 Å². The zero-order valence-electron chi connectivity index (χ0n) is 19.2. The fourth-order valence-corrected chi connectivity index (χ4v) is 7.90. The number of nitrogen functional groups attached to an aromatic ring is 1. The molecule has 1 amide bonds. The fraction of sp³-hybridized carbons (Fsp3) is 0.619. The molecule has 3 unspecified atom stereocenters. The van der Waals surface area contributed by atoms with Crippen LogP contribution >= 0.6 is 23.1 Å². The third kappa shape index (κ3) is 4.04. The Bertz CT molecular complexity index is 1080. The van der Waals surface area contributed by atoms with Crippen LogP contribution in [0.25, 0.3) is 0 Å². The molecule has 3 saturated heterocycles. The molecule has 1 aromatic rings. The molecule has 34 heavy (non-hydrogen) atoms. The average molecular weight is 509 g/mol. The zero-order valence-corrected chi connectivity index (χ0v) is 20.8. The molecule has 5 N–H and O–H groups in total. The second-order valence-electron chi connectivity index (χ2n) is 9.95. The number of nitrogens with zero attached hydrogens (tertiary/aromatic N) is 5. The smallest absolute Gasteiger partial charge is 0.352 e. The van der Waals surface area contributed by atoms with Gasteiger partial charge in [0, 0.05) is 29.2 Å². The summed E-state index contributed by atoms with van der Waals surface area (Å²) < 4.78 is 0.873. The van der Waals surface area contributed by atoms with E-state index in [-0.39, 0.29) is 28.0 Å². The van der Waals surface area contributed by atoms with Crippen LogP contribution in [0.15, 0.2) is 21.8 Å². The van der Waals surface area contributed by atoms with E-state index in [1.807, 2.05) is 4.90 Å². The number of rotatable bonds is 6. The molecule has 0 spiro atoms. The first-order valence-corrected chi connectivity index (χ1v) is 13.2. The molecule has 0 aromatic carbocycles. The van der Waals surface area contributed by atoms with Gasteiger partial charge in [-0.05, 0) is 20.0 Å². The molecule has 0 bridgehead atoms. The Hall–Kier alpha value is -2.35. The van der Waals surface area contributed by atoms with Crippen LogP contribution in [0, 0.1) is 5.92 Å². The predicted octanol–water partition coefficient (Wildman–Crippen LogP) is -0.104. The highest BCUT2D eigenvalue weighted by Crippen LogP contribution is 2.41. The third-order valence-electron chi connectivity index (χ3n) is 7.53. The van der Waals surface area contributed by atoms with Crippen molar-refractivity contribution in [1.82, 2.24) is 20.1 Å². The maximum atomic E-state index is 12.7. The van der Waals surface area contributed by atoms with E-state index < -0.39 is 11.9 Å². The topological polar surface area (TPSA) is 144 Å². The highest BCUT2D eigenvalue weighted by molar-refractivity contribution is 8.00. The first kappa shape index (κ1) is 23.4. The van der Waals surface area contributed by atoms with Crippen LogP contribution in [0.2, 0.25) is 0 Å². The van der Waals surface area contributed by atoms with E-state index in [1.54, 1.807) is 17.1 Å². The van der Waals surface area contributed by atoms with Gasteiger partial charge in [0.15, 0.2) is 10.8 Å². The second kappa shape index (κ2) is 8.70. The van der Waals surface area contributed by atoms with Crippen molar-refractivity contribution < 1.29 is 24.4 Å². The Labute approximate surface area is 205 Å². The number of thiazole rings is 1. The van der Waals surface area contributed by atoms with Gasteiger partial charge in [0.2, 0.25) is 0 Å². The summed E-state index contributed by atoms with van der Waals surface area (Å²) in [5.74, 6) is -0.163. The Kier molecular flexibility index (Phi) is 5.99. The summed E-state index contributed by atoms with van der Waals surface area (Å²) in [6, 6.07) is 0.326. The summed E-state index contributed by atoms with van der Waals surface area (Å²) in [6.07, 6.45) is 1.22. The average Bonchev–Trinajstić information content (AvgIpc) is 3.42. The van der Waals surface area contributed by atoms with Crippen molar-refractivity contribution >= 4 is 45.8 Å². The zero-order chi connectivity index (χ0) is 24.2. The van der Waals surface area contributed by atoms with E-state index in [1.165, 1.54) is 6.42 Å². The number of thioether (sulfide) groups is 1. The van der Waals surface area contributed by atoms with Crippen molar-refractivity contribution in [1.29, 1.82) is 0 Å². The number of nitrogens with two attached hydrogens (primary N) is 1. The molecule has 4 aliphatic rings. The Morgan fingerprint density at radius 3 is 2.85 bits per heavy atom. The summed E-state index contributed by atoms with van der Waals surface area (Å²) in [6.45, 7) is 4.42. The number of aliphatic carboxylic acids is 1. The summed E-state index contributed by atoms with van der Waals surface area (Å²) in [5.41, 5.74) is 6.97. The SMILES string of the molecule is CN1CCC2C[N+](C)(CC3=C(C(=O)O)N4C[C@@H](NC(=O)/C(=N\O)c5csc(N)n5)[C@H]4SC3)CC21. The molecule has 3 fully saturated rings. The van der Waals surface area contributed by atoms with Gasteiger partial charge in [0.1, 0.15) is 17.9 Å². The molecule has 13 heteroatoms. The Morgan fingerprint density at radius 2 is 2.21 bits per heavy atom. The minimum absolute atomic E-state index is 0.173. The van der Waals surface area contributed by atoms with Crippen LogP contribution in [0.1, 0.15) is 12.1 Å². The van der Waals surface area contributed by atoms with Gasteiger partial charge in [-0.15, -0.1) is 23.1 Å². The molecule has 0 aliphatic carbocycles. The Morgan fingerprint density at radius 1 is 1.41 bits per heavy atom. The Balaban J connectivity index is 1.27. The van der Waals surface area contributed by atoms with Crippen LogP contribution in [-0.4, -0.2) is 117 Å². The van der Waals surface area contributed by atoms with Crippen molar-refractivity contribution in [3.8, 4) is 0 Å². The number of carboxylic acid groups (broad SMARTS) is 1. The highest BCUT2D eigenvalue weighted by atomic mass is 32.2. The number of hydrogen-bond donors (Lipinski definition) is 4. The number of amides is 1. The lowest BCUT2D eigenvalue weighted by molar-refractivity contribution is -0.895. The molecule has 11 nitrogen and oxygen atoms in total. The van der Waals surface area contributed by atoms with E-state index >= 15 is 0 Å². The fourth-order valence-electron chi connectivity index (χ4n) is 6.00. The molecule has 5 rings (SSSR count). The number of carbonyl (C=O) groups is 2. The van der Waals surface area contributed by atoms with Crippen molar-refractivity contribution in [2.45, 2.75) is 23.9 Å². The number of quaternary nitrogens is 1. The number of aromatic nitrogens is 1. The number of oxime groups is 1. The van der Waals surface area contributed by atoms with Gasteiger partial charge < -0.3 is 30.7 Å². The van der Waals surface area contributed by atoms with Gasteiger partial charge in [-0.1, -0.05) is 5.16 Å². The molecule has 1 aromatic heterocycles. The summed E-state index contributed by atoms with van der Waals surface area (Å²) in [5, 5.41) is 27.0. The van der Waals surface area contributed by atoms with Crippen LogP contribution in [-0.2, 0) is 9.59 Å². The molecular formula is C21H30N7O4S2+. The van der Waals surface area contributed by atoms with Crippen molar-refractivity contribution in [3.05, 3.63) is 22.3 Å². The van der Waals surface area contributed by atoms with Crippen molar-refractivity contribution in [3.63, 3.8) is 0 Å². The number of carboxylic acids is 1. The molecule has 184 valence electrons. The first-order valence-electron chi connectivity index (χ1n) is 11.3. The first-order chi connectivity index (χ1) is 16.2.